The molecule has 0 aromatic heterocycles. The van der Waals surface area contributed by atoms with E-state index in [1.54, 1.807) is 0 Å². The third-order valence-electron chi connectivity index (χ3n) is 2.11. The summed E-state index contributed by atoms with van der Waals surface area (Å²) in [5.41, 5.74) is 0.915. The lowest BCUT2D eigenvalue weighted by atomic mass is 9.79. The van der Waals surface area contributed by atoms with Crippen molar-refractivity contribution in [2.24, 2.45) is 11.3 Å². The molecule has 0 aromatic rings. The average molecular weight is 153 g/mol. The second-order valence-electron chi connectivity index (χ2n) is 4.22. The molecule has 1 aliphatic rings. The van der Waals surface area contributed by atoms with E-state index < -0.39 is 0 Å². The largest absolute Gasteiger partial charge is 0.330 e. The van der Waals surface area contributed by atoms with Crippen LogP contribution in [0.5, 0.6) is 0 Å². The van der Waals surface area contributed by atoms with Gasteiger partial charge in [-0.05, 0) is 11.8 Å². The van der Waals surface area contributed by atoms with Gasteiger partial charge < -0.3 is 5.32 Å². The number of hydrogen-bond donors (Lipinski definition) is 1. The molecule has 1 aliphatic heterocycles. The fourth-order valence-electron chi connectivity index (χ4n) is 1.35. The zero-order valence-electron chi connectivity index (χ0n) is 7.40. The molecule has 1 atom stereocenters. The Morgan fingerprint density at radius 2 is 2.09 bits per heavy atom. The molecule has 1 N–H and O–H groups in total. The first kappa shape index (κ1) is 8.31. The van der Waals surface area contributed by atoms with E-state index in [-0.39, 0.29) is 17.2 Å². The van der Waals surface area contributed by atoms with Crippen LogP contribution in [0.3, 0.4) is 0 Å². The van der Waals surface area contributed by atoms with Gasteiger partial charge in [0.25, 0.3) is 0 Å². The molecule has 1 heterocycles. The number of amides is 1. The first-order valence-electron chi connectivity index (χ1n) is 3.90. The standard InChI is InChI=1S/C9H15NO/c1-6-5-7(8(11)10-6)9(2,3)4/h7H,1,5H2,2-4H3,(H,10,11). The Morgan fingerprint density at radius 3 is 2.27 bits per heavy atom. The van der Waals surface area contributed by atoms with Crippen LogP contribution in [0, 0.1) is 11.3 Å². The summed E-state index contributed by atoms with van der Waals surface area (Å²) >= 11 is 0. The lowest BCUT2D eigenvalue weighted by Crippen LogP contribution is -2.28. The van der Waals surface area contributed by atoms with Crippen LogP contribution in [0.2, 0.25) is 0 Å². The Bertz CT molecular complexity index is 200. The minimum atomic E-state index is 0.0591. The quantitative estimate of drug-likeness (QED) is 0.563. The summed E-state index contributed by atoms with van der Waals surface area (Å²) in [6.45, 7) is 9.97. The van der Waals surface area contributed by atoms with Gasteiger partial charge in [0.2, 0.25) is 5.91 Å². The van der Waals surface area contributed by atoms with Crippen LogP contribution in [0.1, 0.15) is 27.2 Å². The number of rotatable bonds is 0. The van der Waals surface area contributed by atoms with Gasteiger partial charge in [0, 0.05) is 11.6 Å². The molecule has 0 saturated carbocycles. The smallest absolute Gasteiger partial charge is 0.228 e. The topological polar surface area (TPSA) is 29.1 Å². The highest BCUT2D eigenvalue weighted by Gasteiger charge is 2.36. The van der Waals surface area contributed by atoms with E-state index in [9.17, 15) is 4.79 Å². The molecule has 1 saturated heterocycles. The number of carbonyl (C=O) groups excluding carboxylic acids is 1. The first-order valence-corrected chi connectivity index (χ1v) is 3.90. The zero-order valence-corrected chi connectivity index (χ0v) is 7.40. The maximum atomic E-state index is 11.3. The third-order valence-corrected chi connectivity index (χ3v) is 2.11. The molecule has 1 unspecified atom stereocenters. The Balaban J connectivity index is 2.76. The molecule has 0 bridgehead atoms. The highest BCUT2D eigenvalue weighted by atomic mass is 16.2. The molecular weight excluding hydrogens is 138 g/mol. The van der Waals surface area contributed by atoms with E-state index in [2.05, 4.69) is 32.7 Å². The SMILES string of the molecule is C=C1CC(C(C)(C)C)C(=O)N1. The molecule has 0 aromatic carbocycles. The van der Waals surface area contributed by atoms with Gasteiger partial charge in [-0.1, -0.05) is 27.4 Å². The van der Waals surface area contributed by atoms with Crippen LogP contribution in [-0.4, -0.2) is 5.91 Å². The van der Waals surface area contributed by atoms with Crippen LogP contribution in [0.15, 0.2) is 12.3 Å². The van der Waals surface area contributed by atoms with Crippen molar-refractivity contribution in [1.29, 1.82) is 0 Å². The monoisotopic (exact) mass is 153 g/mol. The van der Waals surface area contributed by atoms with Gasteiger partial charge in [-0.3, -0.25) is 4.79 Å². The van der Waals surface area contributed by atoms with E-state index in [0.717, 1.165) is 12.1 Å². The Hall–Kier alpha value is -0.790. The number of hydrogen-bond acceptors (Lipinski definition) is 1. The van der Waals surface area contributed by atoms with Crippen LogP contribution < -0.4 is 5.32 Å². The van der Waals surface area contributed by atoms with Crippen molar-refractivity contribution >= 4 is 5.91 Å². The molecule has 62 valence electrons. The molecule has 0 aliphatic carbocycles. The maximum absolute atomic E-state index is 11.3. The predicted octanol–water partition coefficient (Wildman–Crippen LogP) is 1.68. The normalized spacial score (nSPS) is 25.5. The fourth-order valence-corrected chi connectivity index (χ4v) is 1.35. The van der Waals surface area contributed by atoms with Gasteiger partial charge in [-0.15, -0.1) is 0 Å². The van der Waals surface area contributed by atoms with E-state index in [0.29, 0.717) is 0 Å². The Morgan fingerprint density at radius 1 is 1.55 bits per heavy atom. The lowest BCUT2D eigenvalue weighted by Gasteiger charge is -2.23. The molecule has 0 radical (unpaired) electrons. The lowest BCUT2D eigenvalue weighted by molar-refractivity contribution is -0.124. The summed E-state index contributed by atoms with van der Waals surface area (Å²) in [7, 11) is 0. The minimum absolute atomic E-state index is 0.0591. The molecular formula is C9H15NO. The van der Waals surface area contributed by atoms with Crippen molar-refractivity contribution in [3.63, 3.8) is 0 Å². The van der Waals surface area contributed by atoms with Gasteiger partial charge in [0.1, 0.15) is 0 Å². The molecule has 0 spiro atoms. The molecule has 2 heteroatoms. The second-order valence-corrected chi connectivity index (χ2v) is 4.22. The van der Waals surface area contributed by atoms with Gasteiger partial charge in [-0.25, -0.2) is 0 Å². The van der Waals surface area contributed by atoms with Crippen molar-refractivity contribution in [2.45, 2.75) is 27.2 Å². The Labute approximate surface area is 67.7 Å². The van der Waals surface area contributed by atoms with E-state index in [4.69, 9.17) is 0 Å². The highest BCUT2D eigenvalue weighted by molar-refractivity contribution is 5.84. The molecule has 1 amide bonds. The summed E-state index contributed by atoms with van der Waals surface area (Å²) in [5.74, 6) is 0.234. The Kier molecular flexibility index (Phi) is 1.78. The summed E-state index contributed by atoms with van der Waals surface area (Å²) in [4.78, 5) is 11.3. The van der Waals surface area contributed by atoms with E-state index >= 15 is 0 Å². The minimum Gasteiger partial charge on any atom is -0.330 e. The molecule has 1 rings (SSSR count). The van der Waals surface area contributed by atoms with Gasteiger partial charge in [0.05, 0.1) is 0 Å². The zero-order chi connectivity index (χ0) is 8.65. The van der Waals surface area contributed by atoms with Crippen molar-refractivity contribution in [1.82, 2.24) is 5.32 Å². The van der Waals surface area contributed by atoms with Crippen LogP contribution in [0.25, 0.3) is 0 Å². The summed E-state index contributed by atoms with van der Waals surface area (Å²) < 4.78 is 0. The summed E-state index contributed by atoms with van der Waals surface area (Å²) in [6.07, 6.45) is 0.794. The second kappa shape index (κ2) is 2.36. The van der Waals surface area contributed by atoms with Crippen LogP contribution in [0.4, 0.5) is 0 Å². The fraction of sp³-hybridized carbons (Fsp3) is 0.667. The number of nitrogens with one attached hydrogen (secondary N) is 1. The summed E-state index contributed by atoms with van der Waals surface area (Å²) in [5, 5.41) is 2.74. The molecule has 2 nitrogen and oxygen atoms in total. The number of allylic oxidation sites excluding steroid dienone is 1. The average Bonchev–Trinajstić information content (AvgIpc) is 2.08. The van der Waals surface area contributed by atoms with Gasteiger partial charge >= 0.3 is 0 Å². The van der Waals surface area contributed by atoms with Gasteiger partial charge in [0.15, 0.2) is 0 Å². The van der Waals surface area contributed by atoms with Crippen molar-refractivity contribution in [3.8, 4) is 0 Å². The van der Waals surface area contributed by atoms with E-state index in [1.807, 2.05) is 0 Å². The van der Waals surface area contributed by atoms with Gasteiger partial charge in [-0.2, -0.15) is 0 Å². The van der Waals surface area contributed by atoms with Crippen LogP contribution in [-0.2, 0) is 4.79 Å². The highest BCUT2D eigenvalue weighted by Crippen LogP contribution is 2.33. The maximum Gasteiger partial charge on any atom is 0.228 e. The first-order chi connectivity index (χ1) is 4.91. The van der Waals surface area contributed by atoms with Crippen molar-refractivity contribution in [2.75, 3.05) is 0 Å². The third kappa shape index (κ3) is 1.62. The van der Waals surface area contributed by atoms with Crippen molar-refractivity contribution < 1.29 is 4.79 Å². The van der Waals surface area contributed by atoms with Crippen LogP contribution >= 0.6 is 0 Å². The number of carbonyl (C=O) groups is 1. The van der Waals surface area contributed by atoms with E-state index in [1.165, 1.54) is 0 Å². The predicted molar refractivity (Wildman–Crippen MR) is 44.8 cm³/mol. The van der Waals surface area contributed by atoms with Crippen molar-refractivity contribution in [3.05, 3.63) is 12.3 Å². The molecule has 11 heavy (non-hydrogen) atoms. The summed E-state index contributed by atoms with van der Waals surface area (Å²) in [6, 6.07) is 0. The molecule has 1 fully saturated rings.